The Labute approximate surface area is 234 Å². The quantitative estimate of drug-likeness (QED) is 0.251. The number of thiazole rings is 1. The van der Waals surface area contributed by atoms with Crippen LogP contribution in [0.15, 0.2) is 72.4 Å². The third-order valence-electron chi connectivity index (χ3n) is 6.11. The summed E-state index contributed by atoms with van der Waals surface area (Å²) < 4.78 is 5.35. The minimum atomic E-state index is -0.958. The van der Waals surface area contributed by atoms with Crippen LogP contribution < -0.4 is 16.4 Å². The number of nitrogens with one attached hydrogen (secondary N) is 2. The van der Waals surface area contributed by atoms with Gasteiger partial charge in [-0.2, -0.15) is 0 Å². The largest absolute Gasteiger partial charge is 0.444 e. The molecule has 0 aliphatic rings. The predicted octanol–water partition coefficient (Wildman–Crippen LogP) is 3.86. The van der Waals surface area contributed by atoms with E-state index in [0.29, 0.717) is 12.8 Å². The standard InChI is InChI=1S/C28H36N4O4S.ClH/c1-19(2)26(29)27(34)31-22(13-20-9-5-3-6-10-20)15-25(33)24(14-21-11-7-4-8-12-21)32-28(35)36-17-23-16-30-18-37-23;/h3-12,16,18-19,22,24-26,33H,13-15,17,29H2,1-2H3,(H,31,34)(H,32,35);1H/t22?,24?,25?,26-;/m0./s1. The second-order valence-corrected chi connectivity index (χ2v) is 10.4. The number of ether oxygens (including phenoxy) is 1. The number of carbonyl (C=O) groups excluding carboxylic acids is 2. The van der Waals surface area contributed by atoms with Gasteiger partial charge in [0.05, 0.1) is 28.6 Å². The Morgan fingerprint density at radius 1 is 1.00 bits per heavy atom. The van der Waals surface area contributed by atoms with Crippen molar-refractivity contribution in [1.82, 2.24) is 15.6 Å². The van der Waals surface area contributed by atoms with Crippen LogP contribution in [-0.2, 0) is 29.0 Å². The van der Waals surface area contributed by atoms with Crippen molar-refractivity contribution in [2.24, 2.45) is 11.7 Å². The molecule has 0 radical (unpaired) electrons. The molecular formula is C28H37ClN4O4S. The number of rotatable bonds is 13. The number of hydrogen-bond donors (Lipinski definition) is 4. The van der Waals surface area contributed by atoms with Gasteiger partial charge in [-0.25, -0.2) is 4.79 Å². The van der Waals surface area contributed by atoms with Crippen molar-refractivity contribution in [1.29, 1.82) is 0 Å². The lowest BCUT2D eigenvalue weighted by atomic mass is 9.93. The zero-order valence-electron chi connectivity index (χ0n) is 21.7. The lowest BCUT2D eigenvalue weighted by Gasteiger charge is -2.29. The van der Waals surface area contributed by atoms with Gasteiger partial charge in [-0.3, -0.25) is 9.78 Å². The third kappa shape index (κ3) is 10.4. The number of hydrogen-bond acceptors (Lipinski definition) is 7. The summed E-state index contributed by atoms with van der Waals surface area (Å²) in [7, 11) is 0. The molecule has 10 heteroatoms. The Morgan fingerprint density at radius 2 is 1.61 bits per heavy atom. The number of nitrogens with zero attached hydrogens (tertiary/aromatic N) is 1. The van der Waals surface area contributed by atoms with Crippen molar-refractivity contribution < 1.29 is 19.4 Å². The van der Waals surface area contributed by atoms with Gasteiger partial charge in [0.2, 0.25) is 5.91 Å². The minimum absolute atomic E-state index is 0. The molecule has 8 nitrogen and oxygen atoms in total. The van der Waals surface area contributed by atoms with Crippen LogP contribution in [0.5, 0.6) is 0 Å². The van der Waals surface area contributed by atoms with Crippen LogP contribution in [0.2, 0.25) is 0 Å². The molecule has 206 valence electrons. The summed E-state index contributed by atoms with van der Waals surface area (Å²) >= 11 is 1.40. The van der Waals surface area contributed by atoms with Gasteiger partial charge < -0.3 is 26.2 Å². The Bertz CT molecular complexity index is 1090. The van der Waals surface area contributed by atoms with Gasteiger partial charge in [-0.05, 0) is 36.3 Å². The molecule has 5 N–H and O–H groups in total. The highest BCUT2D eigenvalue weighted by Gasteiger charge is 2.28. The molecule has 0 saturated heterocycles. The molecule has 0 fully saturated rings. The Hall–Kier alpha value is -2.98. The van der Waals surface area contributed by atoms with E-state index < -0.39 is 24.3 Å². The highest BCUT2D eigenvalue weighted by atomic mass is 35.5. The topological polar surface area (TPSA) is 127 Å². The summed E-state index contributed by atoms with van der Waals surface area (Å²) in [4.78, 5) is 30.2. The summed E-state index contributed by atoms with van der Waals surface area (Å²) in [5.74, 6) is -0.289. The van der Waals surface area contributed by atoms with Crippen LogP contribution in [0.3, 0.4) is 0 Å². The van der Waals surface area contributed by atoms with Crippen LogP contribution in [-0.4, -0.2) is 46.3 Å². The fraction of sp³-hybridized carbons (Fsp3) is 0.393. The maximum atomic E-state index is 12.8. The monoisotopic (exact) mass is 560 g/mol. The second kappa shape index (κ2) is 16.1. The Kier molecular flexibility index (Phi) is 13.2. The second-order valence-electron chi connectivity index (χ2n) is 9.45. The molecule has 1 heterocycles. The number of amides is 2. The molecule has 0 aliphatic heterocycles. The maximum Gasteiger partial charge on any atom is 0.407 e. The number of aliphatic hydroxyl groups excluding tert-OH is 1. The normalized spacial score (nSPS) is 14.0. The van der Waals surface area contributed by atoms with E-state index >= 15 is 0 Å². The highest BCUT2D eigenvalue weighted by molar-refractivity contribution is 7.09. The fourth-order valence-electron chi connectivity index (χ4n) is 3.94. The highest BCUT2D eigenvalue weighted by Crippen LogP contribution is 2.15. The summed E-state index contributed by atoms with van der Waals surface area (Å²) in [5.41, 5.74) is 9.73. The van der Waals surface area contributed by atoms with E-state index in [0.717, 1.165) is 16.0 Å². The number of benzene rings is 2. The molecule has 3 aromatic rings. The summed E-state index contributed by atoms with van der Waals surface area (Å²) in [5, 5.41) is 17.2. The third-order valence-corrected chi connectivity index (χ3v) is 6.87. The first-order chi connectivity index (χ1) is 17.8. The van der Waals surface area contributed by atoms with E-state index in [1.807, 2.05) is 74.5 Å². The van der Waals surface area contributed by atoms with Crippen LogP contribution >= 0.6 is 23.7 Å². The molecule has 4 atom stereocenters. The smallest absolute Gasteiger partial charge is 0.407 e. The van der Waals surface area contributed by atoms with Gasteiger partial charge in [0.1, 0.15) is 6.61 Å². The van der Waals surface area contributed by atoms with Gasteiger partial charge in [0, 0.05) is 12.2 Å². The number of alkyl carbamates (subject to hydrolysis) is 1. The molecule has 3 unspecified atom stereocenters. The molecular weight excluding hydrogens is 524 g/mol. The first-order valence-corrected chi connectivity index (χ1v) is 13.3. The average molecular weight is 561 g/mol. The first kappa shape index (κ1) is 31.2. The predicted molar refractivity (Wildman–Crippen MR) is 152 cm³/mol. The van der Waals surface area contributed by atoms with E-state index in [1.54, 1.807) is 11.7 Å². The van der Waals surface area contributed by atoms with Gasteiger partial charge >= 0.3 is 6.09 Å². The zero-order chi connectivity index (χ0) is 26.6. The molecule has 2 amide bonds. The lowest BCUT2D eigenvalue weighted by molar-refractivity contribution is -0.124. The van der Waals surface area contributed by atoms with Crippen molar-refractivity contribution in [3.8, 4) is 0 Å². The van der Waals surface area contributed by atoms with E-state index in [1.165, 1.54) is 11.3 Å². The van der Waals surface area contributed by atoms with Crippen molar-refractivity contribution in [3.63, 3.8) is 0 Å². The van der Waals surface area contributed by atoms with E-state index in [9.17, 15) is 14.7 Å². The van der Waals surface area contributed by atoms with Crippen molar-refractivity contribution in [2.45, 2.75) is 63.9 Å². The molecule has 0 bridgehead atoms. The Balaban J connectivity index is 0.00000507. The summed E-state index contributed by atoms with van der Waals surface area (Å²) in [6.07, 6.45) is 1.20. The molecule has 3 rings (SSSR count). The first-order valence-electron chi connectivity index (χ1n) is 12.4. The number of nitrogens with two attached hydrogens (primary N) is 1. The maximum absolute atomic E-state index is 12.8. The number of aromatic nitrogens is 1. The average Bonchev–Trinajstić information content (AvgIpc) is 3.41. The lowest BCUT2D eigenvalue weighted by Crippen LogP contribution is -2.52. The molecule has 0 saturated carbocycles. The summed E-state index contributed by atoms with van der Waals surface area (Å²) in [6.45, 7) is 3.89. The molecule has 2 aromatic carbocycles. The van der Waals surface area contributed by atoms with E-state index in [4.69, 9.17) is 10.5 Å². The summed E-state index contributed by atoms with van der Waals surface area (Å²) in [6, 6.07) is 17.7. The minimum Gasteiger partial charge on any atom is -0.444 e. The Morgan fingerprint density at radius 3 is 2.16 bits per heavy atom. The van der Waals surface area contributed by atoms with E-state index in [-0.39, 0.29) is 43.3 Å². The number of halogens is 1. The van der Waals surface area contributed by atoms with Crippen molar-refractivity contribution >= 4 is 35.7 Å². The van der Waals surface area contributed by atoms with Crippen LogP contribution in [0, 0.1) is 5.92 Å². The van der Waals surface area contributed by atoms with Gasteiger partial charge in [0.25, 0.3) is 0 Å². The van der Waals surface area contributed by atoms with Crippen LogP contribution in [0.1, 0.15) is 36.3 Å². The van der Waals surface area contributed by atoms with Crippen LogP contribution in [0.4, 0.5) is 4.79 Å². The van der Waals surface area contributed by atoms with Crippen LogP contribution in [0.25, 0.3) is 0 Å². The van der Waals surface area contributed by atoms with Crippen molar-refractivity contribution in [2.75, 3.05) is 0 Å². The molecule has 0 spiro atoms. The van der Waals surface area contributed by atoms with Gasteiger partial charge in [0.15, 0.2) is 0 Å². The molecule has 0 aliphatic carbocycles. The number of aliphatic hydroxyl groups is 1. The SMILES string of the molecule is CC(C)[C@H](N)C(=O)NC(Cc1ccccc1)CC(O)C(Cc1ccccc1)NC(=O)OCc1cncs1.Cl. The van der Waals surface area contributed by atoms with E-state index in [2.05, 4.69) is 15.6 Å². The van der Waals surface area contributed by atoms with Crippen molar-refractivity contribution in [3.05, 3.63) is 88.4 Å². The fourth-order valence-corrected chi connectivity index (χ4v) is 4.45. The number of carbonyl (C=O) groups is 2. The zero-order valence-corrected chi connectivity index (χ0v) is 23.3. The molecule has 38 heavy (non-hydrogen) atoms. The molecule has 1 aromatic heterocycles. The van der Waals surface area contributed by atoms with Gasteiger partial charge in [-0.1, -0.05) is 74.5 Å². The van der Waals surface area contributed by atoms with Gasteiger partial charge in [-0.15, -0.1) is 23.7 Å².